The van der Waals surface area contributed by atoms with Crippen molar-refractivity contribution in [1.29, 1.82) is 0 Å². The molecule has 2 rings (SSSR count). The molecule has 0 saturated heterocycles. The van der Waals surface area contributed by atoms with Gasteiger partial charge in [0, 0.05) is 25.8 Å². The molecular weight excluding hydrogens is 679 g/mol. The molecule has 0 aliphatic rings. The third-order valence-corrected chi connectivity index (χ3v) is 7.87. The Morgan fingerprint density at radius 3 is 2.14 bits per heavy atom. The number of methoxy groups -OCH3 is 3. The number of hydrogen-bond donors (Lipinski definition) is 1. The van der Waals surface area contributed by atoms with E-state index in [9.17, 15) is 19.2 Å². The lowest BCUT2D eigenvalue weighted by Crippen LogP contribution is -2.46. The molecule has 242 valence electrons. The normalized spacial score (nSPS) is 13.2. The largest absolute Gasteiger partial charge is 0.496 e. The predicted molar refractivity (Wildman–Crippen MR) is 176 cm³/mol. The zero-order valence-corrected chi connectivity index (χ0v) is 29.3. The molecule has 0 aliphatic carbocycles. The van der Waals surface area contributed by atoms with E-state index in [1.54, 1.807) is 59.3 Å². The first kappa shape index (κ1) is 36.8. The van der Waals surface area contributed by atoms with E-state index in [0.29, 0.717) is 29.9 Å². The van der Waals surface area contributed by atoms with Gasteiger partial charge in [-0.15, -0.1) is 0 Å². The first-order valence-electron chi connectivity index (χ1n) is 14.5. The van der Waals surface area contributed by atoms with Gasteiger partial charge in [0.1, 0.15) is 29.2 Å². The van der Waals surface area contributed by atoms with Crippen LogP contribution in [0.2, 0.25) is 0 Å². The summed E-state index contributed by atoms with van der Waals surface area (Å²) >= 11 is 2.11. The van der Waals surface area contributed by atoms with Crippen molar-refractivity contribution in [3.05, 3.63) is 56.7 Å². The second-order valence-electron chi connectivity index (χ2n) is 11.6. The fraction of sp³-hybridized carbons (Fsp3) is 0.515. The van der Waals surface area contributed by atoms with E-state index >= 15 is 0 Å². The van der Waals surface area contributed by atoms with Gasteiger partial charge in [-0.05, 0) is 91.6 Å². The number of ether oxygens (including phenoxy) is 4. The Labute approximate surface area is 274 Å². The van der Waals surface area contributed by atoms with E-state index in [1.165, 1.54) is 19.1 Å². The summed E-state index contributed by atoms with van der Waals surface area (Å²) in [6, 6.07) is 8.79. The lowest BCUT2D eigenvalue weighted by molar-refractivity contribution is -0.145. The fourth-order valence-electron chi connectivity index (χ4n) is 4.87. The monoisotopic (exact) mass is 724 g/mol. The summed E-state index contributed by atoms with van der Waals surface area (Å²) in [4.78, 5) is 54.7. The average molecular weight is 725 g/mol. The van der Waals surface area contributed by atoms with Crippen LogP contribution in [0.5, 0.6) is 11.5 Å². The molecule has 2 amide bonds. The molecule has 0 unspecified atom stereocenters. The van der Waals surface area contributed by atoms with Crippen molar-refractivity contribution in [2.75, 3.05) is 28.4 Å². The molecule has 0 spiro atoms. The van der Waals surface area contributed by atoms with Crippen LogP contribution >= 0.6 is 22.6 Å². The number of nitrogens with zero attached hydrogens (tertiary/aromatic N) is 1. The predicted octanol–water partition coefficient (Wildman–Crippen LogP) is 5.80. The molecule has 0 bridgehead atoms. The minimum atomic E-state index is -1.02. The summed E-state index contributed by atoms with van der Waals surface area (Å²) in [6.45, 7) is 9.06. The molecule has 2 aromatic carbocycles. The van der Waals surface area contributed by atoms with Crippen molar-refractivity contribution in [2.24, 2.45) is 5.92 Å². The van der Waals surface area contributed by atoms with Crippen LogP contribution in [-0.2, 0) is 30.3 Å². The van der Waals surface area contributed by atoms with Gasteiger partial charge in [-0.3, -0.25) is 14.5 Å². The van der Waals surface area contributed by atoms with E-state index in [2.05, 4.69) is 27.9 Å². The maximum atomic E-state index is 14.0. The van der Waals surface area contributed by atoms with Crippen molar-refractivity contribution in [2.45, 2.75) is 78.0 Å². The minimum absolute atomic E-state index is 0.157. The maximum absolute atomic E-state index is 14.0. The molecule has 2 aromatic rings. The lowest BCUT2D eigenvalue weighted by Gasteiger charge is -2.31. The van der Waals surface area contributed by atoms with Crippen molar-refractivity contribution < 1.29 is 38.1 Å². The molecule has 0 aliphatic heterocycles. The first-order chi connectivity index (χ1) is 20.6. The minimum Gasteiger partial charge on any atom is -0.496 e. The number of halogens is 1. The number of amides is 2. The number of esters is 1. The summed E-state index contributed by atoms with van der Waals surface area (Å²) in [7, 11) is 5.91. The third-order valence-electron chi connectivity index (χ3n) is 7.02. The summed E-state index contributed by atoms with van der Waals surface area (Å²) in [5.41, 5.74) is 1.49. The van der Waals surface area contributed by atoms with Gasteiger partial charge < -0.3 is 24.3 Å². The highest BCUT2D eigenvalue weighted by Gasteiger charge is 2.35. The number of aryl methyl sites for hydroxylation is 1. The number of Topliss-reactive ketones (excluding diaryl/α,β-unsaturated/α-hetero) is 1. The van der Waals surface area contributed by atoms with Crippen LogP contribution in [-0.4, -0.2) is 68.7 Å². The standard InChI is InChI=1S/C33H45IN2O8/c1-10-11-23(30(38)35-25(31(39)43-9)17-21-12-14-27(41-7)20(2)16-21)19-26(37)29(36(6)32(40)44-33(3,4)5)22-13-15-28(42-8)24(34)18-22/h12-16,18,23,25,29H,10-11,17,19H2,1-9H3,(H,35,38)/t23-,25+,29+/m1/s1. The van der Waals surface area contributed by atoms with E-state index in [0.717, 1.165) is 14.7 Å². The summed E-state index contributed by atoms with van der Waals surface area (Å²) in [6.07, 6.45) is 0.397. The van der Waals surface area contributed by atoms with Gasteiger partial charge in [-0.25, -0.2) is 9.59 Å². The van der Waals surface area contributed by atoms with Crippen molar-refractivity contribution in [3.63, 3.8) is 0 Å². The van der Waals surface area contributed by atoms with Gasteiger partial charge in [0.2, 0.25) is 5.91 Å². The second kappa shape index (κ2) is 16.6. The molecule has 0 fully saturated rings. The molecule has 0 heterocycles. The third kappa shape index (κ3) is 10.4. The summed E-state index contributed by atoms with van der Waals surface area (Å²) in [5, 5.41) is 2.82. The zero-order valence-electron chi connectivity index (χ0n) is 27.1. The van der Waals surface area contributed by atoms with Gasteiger partial charge in [0.05, 0.1) is 24.9 Å². The van der Waals surface area contributed by atoms with Crippen LogP contribution in [0.4, 0.5) is 4.79 Å². The Balaban J connectivity index is 2.37. The number of nitrogens with one attached hydrogen (secondary N) is 1. The molecule has 11 heteroatoms. The number of likely N-dealkylation sites (N-methyl/N-ethyl adjacent to an activating group) is 1. The lowest BCUT2D eigenvalue weighted by atomic mass is 9.90. The number of ketones is 1. The summed E-state index contributed by atoms with van der Waals surface area (Å²) in [5.74, 6) is -0.777. The van der Waals surface area contributed by atoms with E-state index < -0.39 is 41.6 Å². The van der Waals surface area contributed by atoms with E-state index in [4.69, 9.17) is 18.9 Å². The van der Waals surface area contributed by atoms with Crippen molar-refractivity contribution >= 4 is 46.3 Å². The van der Waals surface area contributed by atoms with Gasteiger partial charge in [-0.2, -0.15) is 0 Å². The number of rotatable bonds is 14. The Kier molecular flexibility index (Phi) is 13.9. The van der Waals surface area contributed by atoms with Crippen LogP contribution in [0.25, 0.3) is 0 Å². The van der Waals surface area contributed by atoms with Crippen LogP contribution in [0.1, 0.15) is 69.7 Å². The Morgan fingerprint density at radius 1 is 0.977 bits per heavy atom. The van der Waals surface area contributed by atoms with Crippen molar-refractivity contribution in [3.8, 4) is 11.5 Å². The number of carbonyl (C=O) groups excluding carboxylic acids is 4. The molecule has 44 heavy (non-hydrogen) atoms. The molecule has 3 atom stereocenters. The van der Waals surface area contributed by atoms with Crippen LogP contribution < -0.4 is 14.8 Å². The van der Waals surface area contributed by atoms with Crippen LogP contribution in [0.15, 0.2) is 36.4 Å². The van der Waals surface area contributed by atoms with Gasteiger partial charge in [0.25, 0.3) is 0 Å². The van der Waals surface area contributed by atoms with E-state index in [-0.39, 0.29) is 18.6 Å². The molecule has 0 radical (unpaired) electrons. The smallest absolute Gasteiger partial charge is 0.410 e. The SMILES string of the molecule is CCC[C@H](CC(=O)[C@H](c1ccc(OC)c(I)c1)N(C)C(=O)OC(C)(C)C)C(=O)N[C@@H](Cc1ccc(OC)c(C)c1)C(=O)OC. The molecule has 0 aromatic heterocycles. The first-order valence-corrected chi connectivity index (χ1v) is 15.6. The fourth-order valence-corrected chi connectivity index (χ4v) is 5.63. The molecule has 0 saturated carbocycles. The molecule has 1 N–H and O–H groups in total. The summed E-state index contributed by atoms with van der Waals surface area (Å²) < 4.78 is 22.0. The van der Waals surface area contributed by atoms with Gasteiger partial charge in [0.15, 0.2) is 5.78 Å². The Hall–Kier alpha value is -3.35. The highest BCUT2D eigenvalue weighted by atomic mass is 127. The van der Waals surface area contributed by atoms with Gasteiger partial charge >= 0.3 is 12.1 Å². The molecular formula is C33H45IN2O8. The van der Waals surface area contributed by atoms with Crippen LogP contribution in [0.3, 0.4) is 0 Å². The van der Waals surface area contributed by atoms with Crippen molar-refractivity contribution in [1.82, 2.24) is 10.2 Å². The highest BCUT2D eigenvalue weighted by molar-refractivity contribution is 14.1. The maximum Gasteiger partial charge on any atom is 0.410 e. The second-order valence-corrected chi connectivity index (χ2v) is 12.8. The number of benzene rings is 2. The Morgan fingerprint density at radius 2 is 1.61 bits per heavy atom. The topological polar surface area (TPSA) is 120 Å². The van der Waals surface area contributed by atoms with Gasteiger partial charge in [-0.1, -0.05) is 31.5 Å². The van der Waals surface area contributed by atoms with E-state index in [1.807, 2.05) is 26.0 Å². The number of hydrogen-bond acceptors (Lipinski definition) is 8. The Bertz CT molecular complexity index is 1320. The molecule has 10 nitrogen and oxygen atoms in total. The quantitative estimate of drug-likeness (QED) is 0.192. The van der Waals surface area contributed by atoms with Crippen LogP contribution in [0, 0.1) is 16.4 Å². The number of carbonyl (C=O) groups is 4. The average Bonchev–Trinajstić information content (AvgIpc) is 2.95. The zero-order chi connectivity index (χ0) is 33.2. The highest BCUT2D eigenvalue weighted by Crippen LogP contribution is 2.31.